The lowest BCUT2D eigenvalue weighted by Gasteiger charge is -2.28. The van der Waals surface area contributed by atoms with E-state index in [9.17, 15) is 9.59 Å². The van der Waals surface area contributed by atoms with Gasteiger partial charge in [0.15, 0.2) is 5.76 Å². The monoisotopic (exact) mass is 509 g/mol. The van der Waals surface area contributed by atoms with Crippen LogP contribution in [0.15, 0.2) is 65.5 Å². The molecule has 1 aliphatic heterocycles. The van der Waals surface area contributed by atoms with E-state index in [1.54, 1.807) is 43.4 Å². The number of carbonyl (C=O) groups is 2. The van der Waals surface area contributed by atoms with Crippen molar-refractivity contribution in [1.82, 2.24) is 35.0 Å². The van der Waals surface area contributed by atoms with Crippen molar-refractivity contribution in [3.8, 4) is 11.1 Å². The molecule has 0 unspecified atom stereocenters. The van der Waals surface area contributed by atoms with Gasteiger partial charge in [0.05, 0.1) is 24.5 Å². The Hall–Kier alpha value is -4.73. The molecule has 0 saturated heterocycles. The highest BCUT2D eigenvalue weighted by atomic mass is 16.3. The number of benzene rings is 2. The van der Waals surface area contributed by atoms with Gasteiger partial charge in [-0.3, -0.25) is 19.4 Å². The summed E-state index contributed by atoms with van der Waals surface area (Å²) < 4.78 is 7.80. The number of fused-ring (bicyclic) bond motifs is 2. The van der Waals surface area contributed by atoms with Crippen LogP contribution in [0.3, 0.4) is 0 Å². The molecule has 10 nitrogen and oxygen atoms in total. The minimum Gasteiger partial charge on any atom is -0.450 e. The van der Waals surface area contributed by atoms with Gasteiger partial charge in [0, 0.05) is 56.1 Å². The normalized spacial score (nSPS) is 13.7. The van der Waals surface area contributed by atoms with Gasteiger partial charge in [0.25, 0.3) is 5.91 Å². The van der Waals surface area contributed by atoms with Crippen molar-refractivity contribution in [2.24, 2.45) is 0 Å². The Labute approximate surface area is 218 Å². The average molecular weight is 510 g/mol. The summed E-state index contributed by atoms with van der Waals surface area (Å²) in [4.78, 5) is 29.1. The van der Waals surface area contributed by atoms with E-state index in [-0.39, 0.29) is 17.6 Å². The summed E-state index contributed by atoms with van der Waals surface area (Å²) in [5.41, 5.74) is 5.51. The fourth-order valence-corrected chi connectivity index (χ4v) is 4.88. The summed E-state index contributed by atoms with van der Waals surface area (Å²) in [6, 6.07) is 12.0. The second kappa shape index (κ2) is 9.62. The van der Waals surface area contributed by atoms with Crippen LogP contribution >= 0.6 is 0 Å². The van der Waals surface area contributed by atoms with Crippen molar-refractivity contribution in [3.05, 3.63) is 72.4 Å². The van der Waals surface area contributed by atoms with E-state index in [1.807, 2.05) is 23.1 Å². The summed E-state index contributed by atoms with van der Waals surface area (Å²) in [5, 5.41) is 16.7. The zero-order valence-electron chi connectivity index (χ0n) is 21.2. The van der Waals surface area contributed by atoms with Gasteiger partial charge in [-0.2, -0.15) is 5.10 Å². The lowest BCUT2D eigenvalue weighted by molar-refractivity contribution is -0.131. The molecule has 0 spiro atoms. The minimum absolute atomic E-state index is 0.0833. The molecule has 3 aromatic heterocycles. The molecule has 2 aromatic carbocycles. The van der Waals surface area contributed by atoms with E-state index in [2.05, 4.69) is 38.7 Å². The molecule has 0 atom stereocenters. The van der Waals surface area contributed by atoms with Gasteiger partial charge in [0.2, 0.25) is 5.91 Å². The number of aromatic amines is 1. The Morgan fingerprint density at radius 2 is 1.97 bits per heavy atom. The summed E-state index contributed by atoms with van der Waals surface area (Å²) in [5.74, 6) is 0.176. The lowest BCUT2D eigenvalue weighted by atomic mass is 9.94. The van der Waals surface area contributed by atoms with Gasteiger partial charge in [-0.1, -0.05) is 17.4 Å². The number of amides is 2. The predicted molar refractivity (Wildman–Crippen MR) is 143 cm³/mol. The van der Waals surface area contributed by atoms with E-state index in [0.717, 1.165) is 45.0 Å². The van der Waals surface area contributed by atoms with Crippen LogP contribution in [0.2, 0.25) is 0 Å². The zero-order valence-corrected chi connectivity index (χ0v) is 21.2. The van der Waals surface area contributed by atoms with Crippen LogP contribution in [0.5, 0.6) is 0 Å². The van der Waals surface area contributed by atoms with Crippen LogP contribution in [-0.4, -0.2) is 74.0 Å². The average Bonchev–Trinajstić information content (AvgIpc) is 3.71. The summed E-state index contributed by atoms with van der Waals surface area (Å²) in [7, 11) is 3.41. The Bertz CT molecular complexity index is 1680. The number of furan rings is 1. The van der Waals surface area contributed by atoms with Gasteiger partial charge >= 0.3 is 0 Å². The number of hydrogen-bond donors (Lipinski definition) is 1. The first-order valence-corrected chi connectivity index (χ1v) is 12.5. The van der Waals surface area contributed by atoms with Crippen LogP contribution in [-0.2, 0) is 11.3 Å². The molecule has 5 aromatic rings. The molecule has 192 valence electrons. The highest BCUT2D eigenvalue weighted by molar-refractivity contribution is 6.02. The maximum atomic E-state index is 13.0. The number of carbonyl (C=O) groups excluding carboxylic acids is 2. The highest BCUT2D eigenvalue weighted by Gasteiger charge is 2.22. The lowest BCUT2D eigenvalue weighted by Crippen LogP contribution is -2.35. The van der Waals surface area contributed by atoms with E-state index in [0.29, 0.717) is 31.6 Å². The second-order valence-electron chi connectivity index (χ2n) is 9.67. The van der Waals surface area contributed by atoms with Gasteiger partial charge in [-0.05, 0) is 53.5 Å². The van der Waals surface area contributed by atoms with Gasteiger partial charge in [-0.15, -0.1) is 5.10 Å². The molecule has 2 amide bonds. The minimum atomic E-state index is -0.194. The van der Waals surface area contributed by atoms with Crippen LogP contribution in [0, 0.1) is 0 Å². The predicted octanol–water partition coefficient (Wildman–Crippen LogP) is 3.98. The summed E-state index contributed by atoms with van der Waals surface area (Å²) in [6.07, 6.45) is 8.48. The highest BCUT2D eigenvalue weighted by Crippen LogP contribution is 2.36. The molecular formula is C28H27N7O3. The first-order chi connectivity index (χ1) is 18.5. The standard InChI is InChI=1S/C28H27N7O3/c1-33(2)28(37)25-15-21-13-20(14-23(27(21)38-25)18-5-6-24-22(12-18)16-30-31-24)19-4-3-9-34(17-19)26(36)7-10-35-11-8-29-32-35/h4-6,8,11-16H,3,7,9-10,17H2,1-2H3,(H,30,31). The first-order valence-electron chi connectivity index (χ1n) is 12.5. The van der Waals surface area contributed by atoms with Crippen LogP contribution < -0.4 is 0 Å². The van der Waals surface area contributed by atoms with Crippen LogP contribution in [0.1, 0.15) is 29.0 Å². The Kier molecular flexibility index (Phi) is 5.99. The van der Waals surface area contributed by atoms with Crippen molar-refractivity contribution in [3.63, 3.8) is 0 Å². The Morgan fingerprint density at radius 1 is 1.11 bits per heavy atom. The molecule has 10 heteroatoms. The summed E-state index contributed by atoms with van der Waals surface area (Å²) in [6.45, 7) is 1.70. The fourth-order valence-electron chi connectivity index (χ4n) is 4.88. The molecule has 0 aliphatic carbocycles. The number of aryl methyl sites for hydroxylation is 1. The van der Waals surface area contributed by atoms with E-state index >= 15 is 0 Å². The fraction of sp³-hybridized carbons (Fsp3) is 0.250. The molecule has 0 fully saturated rings. The third-order valence-electron chi connectivity index (χ3n) is 6.89. The second-order valence-corrected chi connectivity index (χ2v) is 9.67. The van der Waals surface area contributed by atoms with Crippen molar-refractivity contribution < 1.29 is 14.0 Å². The van der Waals surface area contributed by atoms with E-state index in [1.165, 1.54) is 4.90 Å². The number of aromatic nitrogens is 5. The van der Waals surface area contributed by atoms with Gasteiger partial charge in [-0.25, -0.2) is 0 Å². The van der Waals surface area contributed by atoms with Gasteiger partial charge in [0.1, 0.15) is 5.58 Å². The first kappa shape index (κ1) is 23.7. The molecule has 0 radical (unpaired) electrons. The number of rotatable bonds is 6. The molecular weight excluding hydrogens is 482 g/mol. The molecule has 4 heterocycles. The van der Waals surface area contributed by atoms with Crippen LogP contribution in [0.4, 0.5) is 0 Å². The number of nitrogens with one attached hydrogen (secondary N) is 1. The molecule has 1 N–H and O–H groups in total. The number of hydrogen-bond acceptors (Lipinski definition) is 6. The molecule has 38 heavy (non-hydrogen) atoms. The number of nitrogens with zero attached hydrogens (tertiary/aromatic N) is 6. The van der Waals surface area contributed by atoms with Crippen molar-refractivity contribution in [2.45, 2.75) is 19.4 Å². The molecule has 0 saturated carbocycles. The van der Waals surface area contributed by atoms with Crippen LogP contribution in [0.25, 0.3) is 38.6 Å². The zero-order chi connectivity index (χ0) is 26.2. The molecule has 1 aliphatic rings. The van der Waals surface area contributed by atoms with Crippen molar-refractivity contribution in [2.75, 3.05) is 27.2 Å². The third-order valence-corrected chi connectivity index (χ3v) is 6.89. The maximum absolute atomic E-state index is 13.0. The quantitative estimate of drug-likeness (QED) is 0.371. The Balaban J connectivity index is 1.36. The largest absolute Gasteiger partial charge is 0.450 e. The maximum Gasteiger partial charge on any atom is 0.289 e. The van der Waals surface area contributed by atoms with Crippen molar-refractivity contribution in [1.29, 1.82) is 0 Å². The number of H-pyrrole nitrogens is 1. The third kappa shape index (κ3) is 4.45. The molecule has 0 bridgehead atoms. The SMILES string of the molecule is CN(C)C(=O)c1cc2cc(C3=CCCN(C(=O)CCn4ccnn4)C3)cc(-c3ccc4[nH]ncc4c3)c2o1. The van der Waals surface area contributed by atoms with Crippen molar-refractivity contribution >= 4 is 39.3 Å². The van der Waals surface area contributed by atoms with E-state index < -0.39 is 0 Å². The smallest absolute Gasteiger partial charge is 0.289 e. The summed E-state index contributed by atoms with van der Waals surface area (Å²) >= 11 is 0. The Morgan fingerprint density at radius 3 is 2.79 bits per heavy atom. The van der Waals surface area contributed by atoms with Gasteiger partial charge < -0.3 is 14.2 Å². The molecule has 6 rings (SSSR count). The topological polar surface area (TPSA) is 113 Å². The van der Waals surface area contributed by atoms with E-state index in [4.69, 9.17) is 4.42 Å².